The summed E-state index contributed by atoms with van der Waals surface area (Å²) >= 11 is 0. The molecule has 1 fully saturated rings. The Morgan fingerprint density at radius 2 is 2.21 bits per heavy atom. The van der Waals surface area contributed by atoms with Gasteiger partial charge in [0.25, 0.3) is 0 Å². The third-order valence-electron chi connectivity index (χ3n) is 3.63. The summed E-state index contributed by atoms with van der Waals surface area (Å²) in [5, 5.41) is 3.22. The van der Waals surface area contributed by atoms with Gasteiger partial charge in [-0.05, 0) is 57.7 Å². The Hall–Kier alpha value is -1.35. The van der Waals surface area contributed by atoms with Crippen molar-refractivity contribution >= 4 is 6.08 Å². The number of nitrogens with one attached hydrogen (secondary N) is 1. The summed E-state index contributed by atoms with van der Waals surface area (Å²) in [4.78, 5) is 4.25. The molecule has 3 nitrogen and oxygen atoms in total. The topological polar surface area (TPSA) is 34.2 Å². The van der Waals surface area contributed by atoms with Gasteiger partial charge in [-0.2, -0.15) is 0 Å². The van der Waals surface area contributed by atoms with Gasteiger partial charge in [-0.15, -0.1) is 0 Å². The van der Waals surface area contributed by atoms with Crippen molar-refractivity contribution in [3.8, 4) is 5.75 Å². The van der Waals surface area contributed by atoms with Gasteiger partial charge in [0.1, 0.15) is 5.75 Å². The monoisotopic (exact) mass is 260 g/mol. The van der Waals surface area contributed by atoms with Gasteiger partial charge < -0.3 is 10.1 Å². The molecule has 3 heteroatoms. The van der Waals surface area contributed by atoms with Crippen LogP contribution in [-0.4, -0.2) is 24.2 Å². The molecule has 0 aromatic carbocycles. The molecule has 104 valence electrons. The molecule has 1 heterocycles. The van der Waals surface area contributed by atoms with Crippen molar-refractivity contribution in [2.24, 2.45) is 0 Å². The van der Waals surface area contributed by atoms with E-state index in [1.807, 2.05) is 19.4 Å². The van der Waals surface area contributed by atoms with Crippen LogP contribution in [0.4, 0.5) is 0 Å². The number of aromatic nitrogens is 1. The average molecular weight is 260 g/mol. The maximum absolute atomic E-state index is 5.96. The molecule has 0 saturated heterocycles. The highest BCUT2D eigenvalue weighted by molar-refractivity contribution is 5.49. The standard InChI is InChI=1S/C16H24N2O/c1-13(17-2)6-5-7-14-10-16(12-18-11-14)19-15-8-3-4-9-15/h5,7,10-13,15,17H,3-4,6,8-9H2,1-2H3/b7-5+. The number of hydrogen-bond donors (Lipinski definition) is 1. The Kier molecular flexibility index (Phi) is 5.40. The van der Waals surface area contributed by atoms with Crippen molar-refractivity contribution < 1.29 is 4.74 Å². The molecule has 1 unspecified atom stereocenters. The molecule has 0 spiro atoms. The van der Waals surface area contributed by atoms with E-state index in [2.05, 4.69) is 35.4 Å². The molecular formula is C16H24N2O. The van der Waals surface area contributed by atoms with Crippen LogP contribution in [0.1, 0.15) is 44.6 Å². The van der Waals surface area contributed by atoms with E-state index >= 15 is 0 Å². The zero-order valence-corrected chi connectivity index (χ0v) is 11.9. The minimum atomic E-state index is 0.394. The Bertz CT molecular complexity index is 411. The van der Waals surface area contributed by atoms with Crippen molar-refractivity contribution in [3.05, 3.63) is 30.1 Å². The van der Waals surface area contributed by atoms with Gasteiger partial charge in [-0.1, -0.05) is 12.2 Å². The van der Waals surface area contributed by atoms with Crippen LogP contribution >= 0.6 is 0 Å². The molecular weight excluding hydrogens is 236 g/mol. The quantitative estimate of drug-likeness (QED) is 0.851. The largest absolute Gasteiger partial charge is 0.489 e. The van der Waals surface area contributed by atoms with Crippen LogP contribution in [0.15, 0.2) is 24.5 Å². The van der Waals surface area contributed by atoms with Crippen LogP contribution in [0.25, 0.3) is 6.08 Å². The first-order chi connectivity index (χ1) is 9.28. The Labute approximate surface area is 116 Å². The van der Waals surface area contributed by atoms with E-state index in [4.69, 9.17) is 4.74 Å². The predicted octanol–water partition coefficient (Wildman–Crippen LogP) is 3.41. The third kappa shape index (κ3) is 4.67. The summed E-state index contributed by atoms with van der Waals surface area (Å²) in [7, 11) is 1.98. The van der Waals surface area contributed by atoms with Crippen LogP contribution in [0.5, 0.6) is 5.75 Å². The first-order valence-corrected chi connectivity index (χ1v) is 7.23. The van der Waals surface area contributed by atoms with E-state index in [-0.39, 0.29) is 0 Å². The van der Waals surface area contributed by atoms with Crippen LogP contribution in [0.2, 0.25) is 0 Å². The second-order valence-corrected chi connectivity index (χ2v) is 5.31. The number of rotatable bonds is 6. The summed E-state index contributed by atoms with van der Waals surface area (Å²) in [5.74, 6) is 0.899. The SMILES string of the molecule is CNC(C)C/C=C/c1cncc(OC2CCCC2)c1. The van der Waals surface area contributed by atoms with E-state index in [1.54, 1.807) is 0 Å². The molecule has 0 amide bonds. The first kappa shape index (κ1) is 14.1. The summed E-state index contributed by atoms with van der Waals surface area (Å²) < 4.78 is 5.96. The molecule has 2 rings (SSSR count). The highest BCUT2D eigenvalue weighted by Gasteiger charge is 2.16. The Balaban J connectivity index is 1.90. The number of hydrogen-bond acceptors (Lipinski definition) is 3. The lowest BCUT2D eigenvalue weighted by Gasteiger charge is -2.12. The minimum Gasteiger partial charge on any atom is -0.489 e. The number of ether oxygens (including phenoxy) is 1. The van der Waals surface area contributed by atoms with E-state index in [0.29, 0.717) is 12.1 Å². The van der Waals surface area contributed by atoms with Gasteiger partial charge in [-0.25, -0.2) is 0 Å². The molecule has 1 aliphatic carbocycles. The molecule has 1 atom stereocenters. The highest BCUT2D eigenvalue weighted by Crippen LogP contribution is 2.24. The van der Waals surface area contributed by atoms with Gasteiger partial charge in [0.2, 0.25) is 0 Å². The van der Waals surface area contributed by atoms with Crippen molar-refractivity contribution in [2.75, 3.05) is 7.05 Å². The molecule has 1 N–H and O–H groups in total. The smallest absolute Gasteiger partial charge is 0.138 e. The van der Waals surface area contributed by atoms with E-state index in [0.717, 1.165) is 17.7 Å². The minimum absolute atomic E-state index is 0.394. The zero-order chi connectivity index (χ0) is 13.5. The molecule has 1 aliphatic rings. The maximum Gasteiger partial charge on any atom is 0.138 e. The van der Waals surface area contributed by atoms with Gasteiger partial charge in [0, 0.05) is 12.2 Å². The van der Waals surface area contributed by atoms with Crippen LogP contribution in [-0.2, 0) is 0 Å². The zero-order valence-electron chi connectivity index (χ0n) is 11.9. The number of nitrogens with zero attached hydrogens (tertiary/aromatic N) is 1. The maximum atomic E-state index is 5.96. The molecule has 1 aromatic heterocycles. The van der Waals surface area contributed by atoms with Crippen LogP contribution in [0.3, 0.4) is 0 Å². The van der Waals surface area contributed by atoms with Crippen LogP contribution in [0, 0.1) is 0 Å². The van der Waals surface area contributed by atoms with Gasteiger partial charge in [-0.3, -0.25) is 4.98 Å². The van der Waals surface area contributed by atoms with E-state index < -0.39 is 0 Å². The first-order valence-electron chi connectivity index (χ1n) is 7.23. The van der Waals surface area contributed by atoms with Crippen molar-refractivity contribution in [2.45, 2.75) is 51.2 Å². The van der Waals surface area contributed by atoms with Gasteiger partial charge in [0.05, 0.1) is 12.3 Å². The van der Waals surface area contributed by atoms with Gasteiger partial charge >= 0.3 is 0 Å². The van der Waals surface area contributed by atoms with Gasteiger partial charge in [0.15, 0.2) is 0 Å². The van der Waals surface area contributed by atoms with Crippen molar-refractivity contribution in [3.63, 3.8) is 0 Å². The average Bonchev–Trinajstić information content (AvgIpc) is 2.92. The lowest BCUT2D eigenvalue weighted by molar-refractivity contribution is 0.209. The molecule has 0 bridgehead atoms. The summed E-state index contributed by atoms with van der Waals surface area (Å²) in [6.45, 7) is 2.17. The normalized spacial score (nSPS) is 18.0. The third-order valence-corrected chi connectivity index (χ3v) is 3.63. The predicted molar refractivity (Wildman–Crippen MR) is 79.3 cm³/mol. The summed E-state index contributed by atoms with van der Waals surface area (Å²) in [6.07, 6.45) is 14.3. The van der Waals surface area contributed by atoms with E-state index in [1.165, 1.54) is 25.7 Å². The fourth-order valence-corrected chi connectivity index (χ4v) is 2.32. The van der Waals surface area contributed by atoms with E-state index in [9.17, 15) is 0 Å². The fraction of sp³-hybridized carbons (Fsp3) is 0.562. The lowest BCUT2D eigenvalue weighted by atomic mass is 10.2. The fourth-order valence-electron chi connectivity index (χ4n) is 2.32. The van der Waals surface area contributed by atoms with Crippen molar-refractivity contribution in [1.29, 1.82) is 0 Å². The summed E-state index contributed by atoms with van der Waals surface area (Å²) in [6, 6.07) is 2.58. The summed E-state index contributed by atoms with van der Waals surface area (Å²) in [5.41, 5.74) is 1.11. The van der Waals surface area contributed by atoms with Crippen molar-refractivity contribution in [1.82, 2.24) is 10.3 Å². The highest BCUT2D eigenvalue weighted by atomic mass is 16.5. The van der Waals surface area contributed by atoms with Crippen LogP contribution < -0.4 is 10.1 Å². The lowest BCUT2D eigenvalue weighted by Crippen LogP contribution is -2.19. The molecule has 1 saturated carbocycles. The molecule has 0 aliphatic heterocycles. The second kappa shape index (κ2) is 7.29. The second-order valence-electron chi connectivity index (χ2n) is 5.31. The molecule has 0 radical (unpaired) electrons. The Morgan fingerprint density at radius 3 is 2.95 bits per heavy atom. The number of pyridine rings is 1. The Morgan fingerprint density at radius 1 is 1.42 bits per heavy atom. The molecule has 1 aromatic rings. The molecule has 19 heavy (non-hydrogen) atoms.